The highest BCUT2D eigenvalue weighted by Crippen LogP contribution is 2.16. The van der Waals surface area contributed by atoms with Crippen LogP contribution in [0.5, 0.6) is 5.75 Å². The quantitative estimate of drug-likeness (QED) is 0.486. The van der Waals surface area contributed by atoms with E-state index in [-0.39, 0.29) is 30.6 Å². The number of sulfonamides is 1. The van der Waals surface area contributed by atoms with E-state index in [1.165, 1.54) is 21.3 Å². The third-order valence-corrected chi connectivity index (χ3v) is 7.09. The minimum atomic E-state index is -5.08. The summed E-state index contributed by atoms with van der Waals surface area (Å²) in [5.74, 6) is -2.97. The second-order valence-corrected chi connectivity index (χ2v) is 9.94. The molecule has 9 nitrogen and oxygen atoms in total. The number of carbonyl (C=O) groups is 2. The number of alkyl halides is 3. The van der Waals surface area contributed by atoms with Crippen molar-refractivity contribution in [2.24, 2.45) is 0 Å². The van der Waals surface area contributed by atoms with Crippen molar-refractivity contribution in [1.29, 1.82) is 0 Å². The van der Waals surface area contributed by atoms with E-state index in [4.69, 9.17) is 14.6 Å². The number of hydrogen-bond acceptors (Lipinski definition) is 6. The third-order valence-electron chi connectivity index (χ3n) is 5.24. The summed E-state index contributed by atoms with van der Waals surface area (Å²) in [6.07, 6.45) is -5.08. The second-order valence-electron chi connectivity index (χ2n) is 7.85. The molecule has 3 rings (SSSR count). The minimum absolute atomic E-state index is 0.0362. The van der Waals surface area contributed by atoms with Gasteiger partial charge in [-0.25, -0.2) is 17.6 Å². The molecule has 0 radical (unpaired) electrons. The molecule has 0 saturated carbocycles. The van der Waals surface area contributed by atoms with Crippen LogP contribution in [-0.2, 0) is 21.4 Å². The molecule has 2 aromatic rings. The Balaban J connectivity index is 0.000000604. The van der Waals surface area contributed by atoms with Gasteiger partial charge in [0, 0.05) is 44.8 Å². The smallest absolute Gasteiger partial charge is 0.490 e. The highest BCUT2D eigenvalue weighted by molar-refractivity contribution is 7.89. The molecule has 0 atom stereocenters. The lowest BCUT2D eigenvalue weighted by molar-refractivity contribution is -0.192. The molecule has 0 aromatic heterocycles. The van der Waals surface area contributed by atoms with E-state index in [9.17, 15) is 30.8 Å². The molecule has 204 valence electrons. The summed E-state index contributed by atoms with van der Waals surface area (Å²) >= 11 is 0. The van der Waals surface area contributed by atoms with Crippen molar-refractivity contribution in [2.45, 2.75) is 12.7 Å². The molecule has 1 aliphatic heterocycles. The van der Waals surface area contributed by atoms with Gasteiger partial charge in [0.05, 0.1) is 12.9 Å². The van der Waals surface area contributed by atoms with Crippen LogP contribution in [0.3, 0.4) is 0 Å². The fraction of sp³-hybridized carbons (Fsp3) is 0.391. The zero-order valence-corrected chi connectivity index (χ0v) is 20.7. The summed E-state index contributed by atoms with van der Waals surface area (Å²) in [5, 5.41) is 10.3. The number of methoxy groups -OCH3 is 1. The topological polar surface area (TPSA) is 116 Å². The number of carboxylic acid groups (broad SMARTS) is 1. The number of nitrogens with zero attached hydrogens (tertiary/aromatic N) is 2. The van der Waals surface area contributed by atoms with Crippen LogP contribution < -0.4 is 10.1 Å². The maximum Gasteiger partial charge on any atom is 0.490 e. The molecular weight excluding hydrogens is 522 g/mol. The molecule has 0 bridgehead atoms. The fourth-order valence-corrected chi connectivity index (χ4v) is 4.70. The largest absolute Gasteiger partial charge is 0.497 e. The van der Waals surface area contributed by atoms with Crippen LogP contribution in [-0.4, -0.2) is 86.4 Å². The van der Waals surface area contributed by atoms with E-state index >= 15 is 0 Å². The Bertz CT molecular complexity index is 1140. The molecule has 0 aliphatic carbocycles. The zero-order chi connectivity index (χ0) is 27.6. The lowest BCUT2D eigenvalue weighted by Crippen LogP contribution is -2.48. The first-order chi connectivity index (χ1) is 17.3. The number of carboxylic acids is 1. The number of nitrogens with one attached hydrogen (secondary N) is 1. The van der Waals surface area contributed by atoms with Crippen molar-refractivity contribution < 1.29 is 45.4 Å². The van der Waals surface area contributed by atoms with Crippen LogP contribution in [0.4, 0.5) is 17.6 Å². The molecule has 1 amide bonds. The molecule has 1 fully saturated rings. The minimum Gasteiger partial charge on any atom is -0.497 e. The monoisotopic (exact) mass is 549 g/mol. The Kier molecular flexibility index (Phi) is 10.8. The van der Waals surface area contributed by atoms with Crippen molar-refractivity contribution in [3.8, 4) is 5.75 Å². The number of halogens is 4. The number of piperazine rings is 1. The molecule has 0 spiro atoms. The second kappa shape index (κ2) is 13.4. The van der Waals surface area contributed by atoms with Crippen molar-refractivity contribution >= 4 is 21.9 Å². The van der Waals surface area contributed by atoms with Gasteiger partial charge >= 0.3 is 12.1 Å². The molecule has 2 N–H and O–H groups in total. The number of aliphatic carboxylic acids is 1. The first-order valence-corrected chi connectivity index (χ1v) is 12.6. The maximum atomic E-state index is 13.2. The lowest BCUT2D eigenvalue weighted by Gasteiger charge is -2.28. The first kappa shape index (κ1) is 30.0. The van der Waals surface area contributed by atoms with Crippen LogP contribution in [0.2, 0.25) is 0 Å². The van der Waals surface area contributed by atoms with Gasteiger partial charge in [0.1, 0.15) is 11.6 Å². The van der Waals surface area contributed by atoms with Crippen molar-refractivity contribution in [3.63, 3.8) is 0 Å². The average Bonchev–Trinajstić information content (AvgIpc) is 2.87. The highest BCUT2D eigenvalue weighted by atomic mass is 32.2. The summed E-state index contributed by atoms with van der Waals surface area (Å²) in [5.41, 5.74) is 1.15. The number of ether oxygens (including phenoxy) is 1. The van der Waals surface area contributed by atoms with Gasteiger partial charge < -0.3 is 20.1 Å². The van der Waals surface area contributed by atoms with Crippen LogP contribution >= 0.6 is 0 Å². The van der Waals surface area contributed by atoms with Gasteiger partial charge in [-0.2, -0.15) is 17.5 Å². The van der Waals surface area contributed by atoms with Gasteiger partial charge in [0.2, 0.25) is 10.0 Å². The Labute approximate surface area is 211 Å². The molecule has 1 saturated heterocycles. The Morgan fingerprint density at radius 2 is 1.59 bits per heavy atom. The summed E-state index contributed by atoms with van der Waals surface area (Å²) in [6.45, 7) is 2.29. The van der Waals surface area contributed by atoms with Crippen LogP contribution in [0.25, 0.3) is 0 Å². The molecule has 14 heteroatoms. The number of benzene rings is 2. The number of amides is 1. The van der Waals surface area contributed by atoms with Gasteiger partial charge in [0.25, 0.3) is 5.91 Å². The lowest BCUT2D eigenvalue weighted by atomic mass is 10.1. The Morgan fingerprint density at radius 3 is 2.08 bits per heavy atom. The maximum absolute atomic E-state index is 13.2. The number of rotatable bonds is 8. The SMILES string of the molecule is COc1ccc(C(=O)N(CCS(=O)(=O)N2CCNCC2)Cc2ccc(F)cc2)cc1.O=C(O)C(F)(F)F. The summed E-state index contributed by atoms with van der Waals surface area (Å²) in [6, 6.07) is 12.5. The van der Waals surface area contributed by atoms with E-state index in [0.29, 0.717) is 37.5 Å². The molecule has 1 aliphatic rings. The number of hydrogen-bond donors (Lipinski definition) is 2. The normalized spacial score (nSPS) is 14.3. The third kappa shape index (κ3) is 9.63. The van der Waals surface area contributed by atoms with Crippen molar-refractivity contribution in [1.82, 2.24) is 14.5 Å². The highest BCUT2D eigenvalue weighted by Gasteiger charge is 2.38. The van der Waals surface area contributed by atoms with Crippen LogP contribution in [0, 0.1) is 5.82 Å². The van der Waals surface area contributed by atoms with Crippen molar-refractivity contribution in [2.75, 3.05) is 45.6 Å². The molecule has 0 unspecified atom stereocenters. The molecule has 37 heavy (non-hydrogen) atoms. The Hall–Kier alpha value is -3.23. The van der Waals surface area contributed by atoms with E-state index < -0.39 is 22.2 Å². The van der Waals surface area contributed by atoms with Crippen molar-refractivity contribution in [3.05, 3.63) is 65.5 Å². The van der Waals surface area contributed by atoms with E-state index in [2.05, 4.69) is 5.32 Å². The average molecular weight is 550 g/mol. The summed E-state index contributed by atoms with van der Waals surface area (Å²) < 4.78 is 77.0. The van der Waals surface area contributed by atoms with Crippen LogP contribution in [0.15, 0.2) is 48.5 Å². The standard InChI is InChI=1S/C21H26FN3O4S.C2HF3O2/c1-29-20-8-4-18(5-9-20)21(26)24(16-17-2-6-19(22)7-3-17)14-15-30(27,28)25-12-10-23-11-13-25;3-2(4,5)1(6)7/h2-9,23H,10-16H2,1H3;(H,6,7). The molecule has 1 heterocycles. The van der Waals surface area contributed by atoms with Gasteiger partial charge in [-0.3, -0.25) is 4.79 Å². The Morgan fingerprint density at radius 1 is 1.05 bits per heavy atom. The van der Waals surface area contributed by atoms with E-state index in [0.717, 1.165) is 5.56 Å². The molecule has 2 aromatic carbocycles. The molecular formula is C23H27F4N3O6S. The zero-order valence-electron chi connectivity index (χ0n) is 19.9. The predicted octanol–water partition coefficient (Wildman–Crippen LogP) is 2.34. The number of carbonyl (C=O) groups excluding carboxylic acids is 1. The summed E-state index contributed by atoms with van der Waals surface area (Å²) in [4.78, 5) is 23.5. The van der Waals surface area contributed by atoms with Gasteiger partial charge in [-0.15, -0.1) is 0 Å². The van der Waals surface area contributed by atoms with Gasteiger partial charge in [0.15, 0.2) is 0 Å². The van der Waals surface area contributed by atoms with Gasteiger partial charge in [-0.1, -0.05) is 12.1 Å². The van der Waals surface area contributed by atoms with E-state index in [1.807, 2.05) is 0 Å². The summed E-state index contributed by atoms with van der Waals surface area (Å²) in [7, 11) is -1.94. The fourth-order valence-electron chi connectivity index (χ4n) is 3.26. The van der Waals surface area contributed by atoms with E-state index in [1.54, 1.807) is 43.5 Å². The van der Waals surface area contributed by atoms with Crippen LogP contribution in [0.1, 0.15) is 15.9 Å². The predicted molar refractivity (Wildman–Crippen MR) is 126 cm³/mol. The van der Waals surface area contributed by atoms with Gasteiger partial charge in [-0.05, 0) is 42.0 Å². The first-order valence-electron chi connectivity index (χ1n) is 11.0.